The van der Waals surface area contributed by atoms with E-state index in [1.165, 1.54) is 17.7 Å². The van der Waals surface area contributed by atoms with Crippen molar-refractivity contribution in [1.29, 1.82) is 0 Å². The van der Waals surface area contributed by atoms with Gasteiger partial charge in [-0.1, -0.05) is 41.9 Å². The summed E-state index contributed by atoms with van der Waals surface area (Å²) in [6.45, 7) is 5.22. The second-order valence-corrected chi connectivity index (χ2v) is 9.39. The Morgan fingerprint density at radius 1 is 1.03 bits per heavy atom. The highest BCUT2D eigenvalue weighted by atomic mass is 35.5. The summed E-state index contributed by atoms with van der Waals surface area (Å²) in [7, 11) is -3.73. The first-order valence-electron chi connectivity index (χ1n) is 9.68. The second-order valence-electron chi connectivity index (χ2n) is 7.24. The van der Waals surface area contributed by atoms with Crippen LogP contribution in [-0.2, 0) is 21.4 Å². The van der Waals surface area contributed by atoms with Gasteiger partial charge in [-0.25, -0.2) is 8.42 Å². The van der Waals surface area contributed by atoms with E-state index in [2.05, 4.69) is 9.62 Å². The van der Waals surface area contributed by atoms with E-state index in [4.69, 9.17) is 11.6 Å². The first-order chi connectivity index (χ1) is 13.8. The molecule has 0 unspecified atom stereocenters. The molecular formula is C21H26ClN3O3S. The minimum Gasteiger partial charge on any atom is -0.340 e. The van der Waals surface area contributed by atoms with Crippen LogP contribution in [0.15, 0.2) is 59.5 Å². The summed E-state index contributed by atoms with van der Waals surface area (Å²) in [6, 6.07) is 15.1. The van der Waals surface area contributed by atoms with Crippen LogP contribution in [0, 0.1) is 0 Å². The van der Waals surface area contributed by atoms with Crippen LogP contribution in [0.2, 0.25) is 5.02 Å². The van der Waals surface area contributed by atoms with Gasteiger partial charge in [0, 0.05) is 37.7 Å². The molecule has 0 radical (unpaired) electrons. The molecule has 0 bridgehead atoms. The average Bonchev–Trinajstić information content (AvgIpc) is 2.95. The summed E-state index contributed by atoms with van der Waals surface area (Å²) in [5, 5.41) is 0.716. The summed E-state index contributed by atoms with van der Waals surface area (Å²) in [5.74, 6) is -0.196. The molecule has 3 rings (SSSR count). The number of rotatable bonds is 6. The van der Waals surface area contributed by atoms with Crippen LogP contribution in [0.4, 0.5) is 0 Å². The quantitative estimate of drug-likeness (QED) is 0.757. The zero-order valence-corrected chi connectivity index (χ0v) is 18.0. The van der Waals surface area contributed by atoms with Gasteiger partial charge in [-0.2, -0.15) is 4.72 Å². The van der Waals surface area contributed by atoms with Gasteiger partial charge in [-0.15, -0.1) is 0 Å². The Kier molecular flexibility index (Phi) is 7.29. The van der Waals surface area contributed by atoms with Crippen LogP contribution in [0.5, 0.6) is 0 Å². The standard InChI is InChI=1S/C21H26ClN3O3S/c1-17(23-29(27,28)20-6-3-2-4-7-20)21(26)25-13-5-12-24(14-15-25)16-18-8-10-19(22)11-9-18/h2-4,6-11,17,23H,5,12-16H2,1H3/t17-/m0/s1. The molecule has 1 N–H and O–H groups in total. The van der Waals surface area contributed by atoms with Crippen molar-refractivity contribution in [2.24, 2.45) is 0 Å². The highest BCUT2D eigenvalue weighted by molar-refractivity contribution is 7.89. The van der Waals surface area contributed by atoms with Gasteiger partial charge in [0.1, 0.15) is 0 Å². The van der Waals surface area contributed by atoms with Gasteiger partial charge in [0.15, 0.2) is 0 Å². The number of nitrogens with one attached hydrogen (secondary N) is 1. The third-order valence-corrected chi connectivity index (χ3v) is 6.78. The summed E-state index contributed by atoms with van der Waals surface area (Å²) in [4.78, 5) is 17.0. The molecule has 156 valence electrons. The van der Waals surface area contributed by atoms with Crippen LogP contribution in [0.25, 0.3) is 0 Å². The van der Waals surface area contributed by atoms with Crippen molar-refractivity contribution in [3.8, 4) is 0 Å². The fourth-order valence-electron chi connectivity index (χ4n) is 3.42. The van der Waals surface area contributed by atoms with Gasteiger partial charge in [-0.05, 0) is 43.2 Å². The van der Waals surface area contributed by atoms with Crippen molar-refractivity contribution >= 4 is 27.5 Å². The molecule has 6 nitrogen and oxygen atoms in total. The van der Waals surface area contributed by atoms with Gasteiger partial charge in [0.25, 0.3) is 0 Å². The normalized spacial score (nSPS) is 17.0. The van der Waals surface area contributed by atoms with Gasteiger partial charge in [0.2, 0.25) is 15.9 Å². The molecular weight excluding hydrogens is 410 g/mol. The van der Waals surface area contributed by atoms with E-state index in [-0.39, 0.29) is 10.8 Å². The van der Waals surface area contributed by atoms with Crippen molar-refractivity contribution in [3.63, 3.8) is 0 Å². The monoisotopic (exact) mass is 435 g/mol. The van der Waals surface area contributed by atoms with E-state index in [1.807, 2.05) is 24.3 Å². The van der Waals surface area contributed by atoms with E-state index < -0.39 is 16.1 Å². The minimum atomic E-state index is -3.73. The highest BCUT2D eigenvalue weighted by Gasteiger charge is 2.27. The minimum absolute atomic E-state index is 0.157. The third-order valence-electron chi connectivity index (χ3n) is 4.98. The smallest absolute Gasteiger partial charge is 0.241 e. The maximum Gasteiger partial charge on any atom is 0.241 e. The van der Waals surface area contributed by atoms with E-state index in [9.17, 15) is 13.2 Å². The molecule has 29 heavy (non-hydrogen) atoms. The Balaban J connectivity index is 1.56. The predicted octanol–water partition coefficient (Wildman–Crippen LogP) is 2.74. The SMILES string of the molecule is C[C@H](NS(=O)(=O)c1ccccc1)C(=O)N1CCCN(Cc2ccc(Cl)cc2)CC1. The van der Waals surface area contributed by atoms with Crippen molar-refractivity contribution in [1.82, 2.24) is 14.5 Å². The molecule has 0 aliphatic carbocycles. The van der Waals surface area contributed by atoms with Crippen molar-refractivity contribution in [2.75, 3.05) is 26.2 Å². The highest BCUT2D eigenvalue weighted by Crippen LogP contribution is 2.14. The number of nitrogens with zero attached hydrogens (tertiary/aromatic N) is 2. The fraction of sp³-hybridized carbons (Fsp3) is 0.381. The molecule has 8 heteroatoms. The van der Waals surface area contributed by atoms with Gasteiger partial charge in [0.05, 0.1) is 10.9 Å². The lowest BCUT2D eigenvalue weighted by Crippen LogP contribution is -2.47. The molecule has 1 aliphatic heterocycles. The molecule has 1 atom stereocenters. The maximum absolute atomic E-state index is 12.8. The topological polar surface area (TPSA) is 69.7 Å². The zero-order valence-electron chi connectivity index (χ0n) is 16.4. The summed E-state index contributed by atoms with van der Waals surface area (Å²) in [6.07, 6.45) is 0.845. The van der Waals surface area contributed by atoms with Gasteiger partial charge >= 0.3 is 0 Å². The fourth-order valence-corrected chi connectivity index (χ4v) is 4.77. The van der Waals surface area contributed by atoms with E-state index in [0.717, 1.165) is 26.1 Å². The van der Waals surface area contributed by atoms with E-state index in [0.29, 0.717) is 18.1 Å². The van der Waals surface area contributed by atoms with Crippen molar-refractivity contribution < 1.29 is 13.2 Å². The van der Waals surface area contributed by atoms with Crippen molar-refractivity contribution in [2.45, 2.75) is 30.8 Å². The van der Waals surface area contributed by atoms with Gasteiger partial charge in [-0.3, -0.25) is 9.69 Å². The summed E-state index contributed by atoms with van der Waals surface area (Å²) < 4.78 is 27.5. The Bertz CT molecular complexity index is 920. The molecule has 2 aromatic carbocycles. The predicted molar refractivity (Wildman–Crippen MR) is 114 cm³/mol. The number of amides is 1. The molecule has 0 aromatic heterocycles. The molecule has 0 saturated carbocycles. The van der Waals surface area contributed by atoms with Crippen LogP contribution < -0.4 is 4.72 Å². The molecule has 1 aliphatic rings. The Morgan fingerprint density at radius 2 is 1.72 bits per heavy atom. The average molecular weight is 436 g/mol. The second kappa shape index (κ2) is 9.71. The van der Waals surface area contributed by atoms with E-state index >= 15 is 0 Å². The largest absolute Gasteiger partial charge is 0.340 e. The van der Waals surface area contributed by atoms with Crippen LogP contribution in [0.1, 0.15) is 18.9 Å². The lowest BCUT2D eigenvalue weighted by atomic mass is 10.2. The number of benzene rings is 2. The summed E-state index contributed by atoms with van der Waals surface area (Å²) >= 11 is 5.94. The molecule has 0 spiro atoms. The molecule has 1 fully saturated rings. The Morgan fingerprint density at radius 3 is 2.41 bits per heavy atom. The number of halogens is 1. The van der Waals surface area contributed by atoms with Crippen LogP contribution >= 0.6 is 11.6 Å². The number of carbonyl (C=O) groups excluding carboxylic acids is 1. The maximum atomic E-state index is 12.8. The zero-order chi connectivity index (χ0) is 20.9. The number of sulfonamides is 1. The number of carbonyl (C=O) groups is 1. The van der Waals surface area contributed by atoms with Crippen molar-refractivity contribution in [3.05, 3.63) is 65.2 Å². The van der Waals surface area contributed by atoms with Gasteiger partial charge < -0.3 is 4.90 Å². The number of hydrogen-bond donors (Lipinski definition) is 1. The first-order valence-corrected chi connectivity index (χ1v) is 11.5. The Hall–Kier alpha value is -1.93. The summed E-state index contributed by atoms with van der Waals surface area (Å²) in [5.41, 5.74) is 1.18. The molecule has 1 amide bonds. The molecule has 1 saturated heterocycles. The van der Waals surface area contributed by atoms with Crippen LogP contribution in [0.3, 0.4) is 0 Å². The van der Waals surface area contributed by atoms with Crippen LogP contribution in [-0.4, -0.2) is 56.3 Å². The van der Waals surface area contributed by atoms with E-state index in [1.54, 1.807) is 30.0 Å². The Labute approximate surface area is 177 Å². The lowest BCUT2D eigenvalue weighted by molar-refractivity contribution is -0.132. The molecule has 2 aromatic rings. The first kappa shape index (κ1) is 21.8. The lowest BCUT2D eigenvalue weighted by Gasteiger charge is -2.25. The third kappa shape index (κ3) is 6.02. The number of hydrogen-bond acceptors (Lipinski definition) is 4. The molecule has 1 heterocycles.